The first-order chi connectivity index (χ1) is 15.8. The first-order valence-electron chi connectivity index (χ1n) is 10.7. The summed E-state index contributed by atoms with van der Waals surface area (Å²) in [6, 6.07) is 16.0. The zero-order valence-electron chi connectivity index (χ0n) is 18.5. The van der Waals surface area contributed by atoms with Gasteiger partial charge in [-0.15, -0.1) is 0 Å². The number of aryl methyl sites for hydroxylation is 1. The van der Waals surface area contributed by atoms with Gasteiger partial charge in [0.1, 0.15) is 5.82 Å². The third-order valence-corrected chi connectivity index (χ3v) is 6.01. The van der Waals surface area contributed by atoms with Crippen LogP contribution in [0.4, 0.5) is 4.39 Å². The third kappa shape index (κ3) is 3.53. The van der Waals surface area contributed by atoms with Gasteiger partial charge < -0.3 is 5.11 Å². The first-order valence-corrected chi connectivity index (χ1v) is 10.7. The zero-order chi connectivity index (χ0) is 23.3. The van der Waals surface area contributed by atoms with Gasteiger partial charge in [0, 0.05) is 16.3 Å². The summed E-state index contributed by atoms with van der Waals surface area (Å²) < 4.78 is 14.1. The number of aromatic carboxylic acids is 1. The number of carbonyl (C=O) groups is 1. The van der Waals surface area contributed by atoms with Crippen molar-refractivity contribution in [1.29, 1.82) is 0 Å². The number of aromatic amines is 1. The van der Waals surface area contributed by atoms with Gasteiger partial charge in [-0.25, -0.2) is 14.2 Å². The number of benzene rings is 3. The van der Waals surface area contributed by atoms with Crippen LogP contribution in [-0.2, 0) is 0 Å². The van der Waals surface area contributed by atoms with Crippen molar-refractivity contribution in [1.82, 2.24) is 15.2 Å². The molecule has 0 atom stereocenters. The van der Waals surface area contributed by atoms with Crippen molar-refractivity contribution >= 4 is 27.8 Å². The van der Waals surface area contributed by atoms with Crippen molar-refractivity contribution in [3.05, 3.63) is 83.3 Å². The molecule has 2 aromatic heterocycles. The van der Waals surface area contributed by atoms with Crippen LogP contribution in [0.1, 0.15) is 41.3 Å². The Kier molecular flexibility index (Phi) is 4.93. The summed E-state index contributed by atoms with van der Waals surface area (Å²) in [5, 5.41) is 18.4. The molecule has 33 heavy (non-hydrogen) atoms. The summed E-state index contributed by atoms with van der Waals surface area (Å²) in [6.07, 6.45) is 1.78. The standard InChI is InChI=1S/C27H22FN3O2/c1-14(2)24-25(18-8-9-21(28)15(3)10-18)20-11-19-13-29-31-22(19)12-23(20)30-26(24)16-4-6-17(7-5-16)27(32)33/h4-14H,1-3H3,(H,29,31)(H,32,33). The van der Waals surface area contributed by atoms with E-state index in [1.54, 1.807) is 43.5 Å². The lowest BCUT2D eigenvalue weighted by atomic mass is 9.85. The molecule has 0 radical (unpaired) electrons. The van der Waals surface area contributed by atoms with E-state index in [9.17, 15) is 14.3 Å². The molecule has 0 aliphatic rings. The average Bonchev–Trinajstić information content (AvgIpc) is 3.25. The fourth-order valence-corrected chi connectivity index (χ4v) is 4.38. The summed E-state index contributed by atoms with van der Waals surface area (Å²) in [4.78, 5) is 16.4. The fraction of sp³-hybridized carbons (Fsp3) is 0.148. The van der Waals surface area contributed by atoms with Crippen LogP contribution in [0.25, 0.3) is 44.2 Å². The van der Waals surface area contributed by atoms with E-state index in [4.69, 9.17) is 4.98 Å². The van der Waals surface area contributed by atoms with Crippen molar-refractivity contribution in [2.24, 2.45) is 0 Å². The van der Waals surface area contributed by atoms with Crippen molar-refractivity contribution in [2.45, 2.75) is 26.7 Å². The molecule has 0 saturated carbocycles. The molecule has 0 aliphatic heterocycles. The van der Waals surface area contributed by atoms with E-state index in [1.807, 2.05) is 12.1 Å². The smallest absolute Gasteiger partial charge is 0.335 e. The number of rotatable bonds is 4. The topological polar surface area (TPSA) is 78.9 Å². The molecule has 0 aliphatic carbocycles. The third-order valence-electron chi connectivity index (χ3n) is 6.01. The number of pyridine rings is 1. The Morgan fingerprint density at radius 1 is 1.03 bits per heavy atom. The Balaban J connectivity index is 1.90. The van der Waals surface area contributed by atoms with Gasteiger partial charge in [0.2, 0.25) is 0 Å². The highest BCUT2D eigenvalue weighted by Crippen LogP contribution is 2.42. The number of halogens is 1. The van der Waals surface area contributed by atoms with Crippen LogP contribution in [0.2, 0.25) is 0 Å². The van der Waals surface area contributed by atoms with Crippen LogP contribution < -0.4 is 0 Å². The van der Waals surface area contributed by atoms with Crippen molar-refractivity contribution < 1.29 is 14.3 Å². The predicted molar refractivity (Wildman–Crippen MR) is 128 cm³/mol. The monoisotopic (exact) mass is 439 g/mol. The predicted octanol–water partition coefficient (Wildman–Crippen LogP) is 6.71. The van der Waals surface area contributed by atoms with Crippen molar-refractivity contribution in [2.75, 3.05) is 0 Å². The number of carboxylic acid groups (broad SMARTS) is 1. The quantitative estimate of drug-likeness (QED) is 0.326. The Morgan fingerprint density at radius 2 is 1.76 bits per heavy atom. The maximum Gasteiger partial charge on any atom is 0.335 e. The first kappa shape index (κ1) is 20.8. The van der Waals surface area contributed by atoms with E-state index in [0.29, 0.717) is 5.56 Å². The average molecular weight is 439 g/mol. The molecule has 5 nitrogen and oxygen atoms in total. The Labute approximate surface area is 189 Å². The minimum Gasteiger partial charge on any atom is -0.478 e. The Hall–Kier alpha value is -4.06. The largest absolute Gasteiger partial charge is 0.478 e. The van der Waals surface area contributed by atoms with Gasteiger partial charge in [0.15, 0.2) is 0 Å². The van der Waals surface area contributed by atoms with Crippen molar-refractivity contribution in [3.63, 3.8) is 0 Å². The molecule has 0 fully saturated rings. The number of H-pyrrole nitrogens is 1. The summed E-state index contributed by atoms with van der Waals surface area (Å²) in [5.41, 5.74) is 7.00. The maximum absolute atomic E-state index is 14.1. The van der Waals surface area contributed by atoms with Crippen LogP contribution in [0.15, 0.2) is 60.8 Å². The van der Waals surface area contributed by atoms with Crippen LogP contribution >= 0.6 is 0 Å². The van der Waals surface area contributed by atoms with Gasteiger partial charge in [0.25, 0.3) is 0 Å². The normalized spacial score (nSPS) is 11.5. The lowest BCUT2D eigenvalue weighted by Crippen LogP contribution is -2.03. The molecule has 164 valence electrons. The Bertz CT molecular complexity index is 1540. The fourth-order valence-electron chi connectivity index (χ4n) is 4.38. The number of carboxylic acids is 1. The molecule has 0 spiro atoms. The van der Waals surface area contributed by atoms with E-state index in [2.05, 4.69) is 30.1 Å². The molecule has 2 N–H and O–H groups in total. The molecule has 3 aromatic carbocycles. The lowest BCUT2D eigenvalue weighted by Gasteiger charge is -2.21. The van der Waals surface area contributed by atoms with Gasteiger partial charge in [0.05, 0.1) is 28.5 Å². The van der Waals surface area contributed by atoms with Gasteiger partial charge in [-0.2, -0.15) is 5.10 Å². The minimum atomic E-state index is -0.971. The van der Waals surface area contributed by atoms with Gasteiger partial charge in [-0.05, 0) is 71.5 Å². The van der Waals surface area contributed by atoms with E-state index >= 15 is 0 Å². The number of hydrogen-bond acceptors (Lipinski definition) is 3. The highest BCUT2D eigenvalue weighted by atomic mass is 19.1. The zero-order valence-corrected chi connectivity index (χ0v) is 18.5. The van der Waals surface area contributed by atoms with E-state index in [0.717, 1.165) is 49.8 Å². The second-order valence-corrected chi connectivity index (χ2v) is 8.58. The van der Waals surface area contributed by atoms with Gasteiger partial charge in [-0.1, -0.05) is 32.0 Å². The highest BCUT2D eigenvalue weighted by molar-refractivity contribution is 6.05. The Morgan fingerprint density at radius 3 is 2.42 bits per heavy atom. The molecule has 6 heteroatoms. The number of aromatic nitrogens is 3. The summed E-state index contributed by atoms with van der Waals surface area (Å²) in [5.74, 6) is -1.11. The molecular weight excluding hydrogens is 417 g/mol. The summed E-state index contributed by atoms with van der Waals surface area (Å²) in [6.45, 7) is 5.97. The number of nitrogens with one attached hydrogen (secondary N) is 1. The molecule has 2 heterocycles. The van der Waals surface area contributed by atoms with Crippen LogP contribution in [-0.4, -0.2) is 26.3 Å². The number of hydrogen-bond donors (Lipinski definition) is 2. The van der Waals surface area contributed by atoms with E-state index in [-0.39, 0.29) is 17.3 Å². The molecule has 0 bridgehead atoms. The van der Waals surface area contributed by atoms with Gasteiger partial charge >= 0.3 is 5.97 Å². The highest BCUT2D eigenvalue weighted by Gasteiger charge is 2.21. The molecular formula is C27H22FN3O2. The van der Waals surface area contributed by atoms with Crippen LogP contribution in [0.3, 0.4) is 0 Å². The molecule has 5 aromatic rings. The van der Waals surface area contributed by atoms with Crippen molar-refractivity contribution in [3.8, 4) is 22.4 Å². The van der Waals surface area contributed by atoms with E-state index < -0.39 is 5.97 Å². The maximum atomic E-state index is 14.1. The summed E-state index contributed by atoms with van der Waals surface area (Å²) >= 11 is 0. The van der Waals surface area contributed by atoms with Gasteiger partial charge in [-0.3, -0.25) is 5.10 Å². The SMILES string of the molecule is Cc1cc(-c2c(C(C)C)c(-c3ccc(C(=O)O)cc3)nc3cc4[nH]ncc4cc23)ccc1F. The molecule has 5 rings (SSSR count). The molecule has 0 amide bonds. The minimum absolute atomic E-state index is 0.108. The molecule has 0 unspecified atom stereocenters. The molecule has 0 saturated heterocycles. The second kappa shape index (κ2) is 7.81. The lowest BCUT2D eigenvalue weighted by molar-refractivity contribution is 0.0697. The number of nitrogens with zero attached hydrogens (tertiary/aromatic N) is 2. The van der Waals surface area contributed by atoms with E-state index in [1.165, 1.54) is 6.07 Å². The second-order valence-electron chi connectivity index (χ2n) is 8.58. The number of fused-ring (bicyclic) bond motifs is 2. The van der Waals surface area contributed by atoms with Crippen LogP contribution in [0.5, 0.6) is 0 Å². The van der Waals surface area contributed by atoms with Crippen LogP contribution in [0, 0.1) is 12.7 Å². The summed E-state index contributed by atoms with van der Waals surface area (Å²) in [7, 11) is 0.